The van der Waals surface area contributed by atoms with Crippen LogP contribution in [0.5, 0.6) is 5.75 Å². The largest absolute Gasteiger partial charge is 0.496 e. The number of methoxy groups -OCH3 is 2. The number of carbonyl (C=O) groups is 2. The molecule has 1 amide bonds. The zero-order valence-corrected chi connectivity index (χ0v) is 15.5. The number of hydrogen-bond acceptors (Lipinski definition) is 4. The van der Waals surface area contributed by atoms with Crippen LogP contribution in [0.4, 0.5) is 0 Å². The van der Waals surface area contributed by atoms with E-state index in [9.17, 15) is 9.59 Å². The summed E-state index contributed by atoms with van der Waals surface area (Å²) in [4.78, 5) is 23.1. The third-order valence-electron chi connectivity index (χ3n) is 3.06. The number of ether oxygens (including phenoxy) is 2. The van der Waals surface area contributed by atoms with Gasteiger partial charge in [-0.2, -0.15) is 0 Å². The van der Waals surface area contributed by atoms with Gasteiger partial charge in [-0.3, -0.25) is 9.59 Å². The van der Waals surface area contributed by atoms with Gasteiger partial charge < -0.3 is 14.8 Å². The van der Waals surface area contributed by atoms with E-state index < -0.39 is 0 Å². The standard InChI is InChI=1S/C15H19ClINO4/c1-21-13-9-12(17)11(16)8-10(13)15(20)18-7-5-3-4-6-14(19)22-2/h8-9H,3-7H2,1-2H3,(H,18,20). The quantitative estimate of drug-likeness (QED) is 0.383. The summed E-state index contributed by atoms with van der Waals surface area (Å²) in [5.74, 6) is 0.0717. The molecule has 1 aromatic carbocycles. The maximum atomic E-state index is 12.1. The first kappa shape index (κ1) is 19.0. The molecule has 0 aliphatic rings. The number of benzene rings is 1. The number of unbranched alkanes of at least 4 members (excludes halogenated alkanes) is 2. The molecule has 0 atom stereocenters. The number of carbonyl (C=O) groups excluding carboxylic acids is 2. The molecule has 1 rings (SSSR count). The molecule has 0 bridgehead atoms. The van der Waals surface area contributed by atoms with E-state index >= 15 is 0 Å². The summed E-state index contributed by atoms with van der Waals surface area (Å²) >= 11 is 8.13. The molecule has 1 aromatic rings. The van der Waals surface area contributed by atoms with Gasteiger partial charge >= 0.3 is 5.97 Å². The first-order valence-corrected chi connectivity index (χ1v) is 8.33. The fraction of sp³-hybridized carbons (Fsp3) is 0.467. The van der Waals surface area contributed by atoms with E-state index in [1.165, 1.54) is 14.2 Å². The number of amides is 1. The molecule has 0 saturated heterocycles. The van der Waals surface area contributed by atoms with Crippen LogP contribution < -0.4 is 10.1 Å². The molecule has 7 heteroatoms. The molecule has 0 aliphatic carbocycles. The predicted molar refractivity (Wildman–Crippen MR) is 93.5 cm³/mol. The van der Waals surface area contributed by atoms with Crippen molar-refractivity contribution in [2.45, 2.75) is 25.7 Å². The van der Waals surface area contributed by atoms with Crippen molar-refractivity contribution in [1.82, 2.24) is 5.32 Å². The number of esters is 1. The van der Waals surface area contributed by atoms with Gasteiger partial charge in [-0.05, 0) is 47.6 Å². The van der Waals surface area contributed by atoms with E-state index in [4.69, 9.17) is 16.3 Å². The molecule has 0 heterocycles. The van der Waals surface area contributed by atoms with Gasteiger partial charge in [-0.15, -0.1) is 0 Å². The Kier molecular flexibility index (Phi) is 8.55. The molecule has 1 N–H and O–H groups in total. The monoisotopic (exact) mass is 439 g/mol. The first-order valence-electron chi connectivity index (χ1n) is 6.87. The second-order valence-electron chi connectivity index (χ2n) is 4.61. The third kappa shape index (κ3) is 6.00. The van der Waals surface area contributed by atoms with Crippen LogP contribution in [-0.2, 0) is 9.53 Å². The van der Waals surface area contributed by atoms with E-state index in [1.54, 1.807) is 12.1 Å². The van der Waals surface area contributed by atoms with Gasteiger partial charge in [0.25, 0.3) is 5.91 Å². The molecule has 0 spiro atoms. The Morgan fingerprint density at radius 3 is 2.59 bits per heavy atom. The van der Waals surface area contributed by atoms with Crippen molar-refractivity contribution in [3.63, 3.8) is 0 Å². The molecule has 5 nitrogen and oxygen atoms in total. The highest BCUT2D eigenvalue weighted by Gasteiger charge is 2.14. The van der Waals surface area contributed by atoms with E-state index in [-0.39, 0.29) is 11.9 Å². The lowest BCUT2D eigenvalue weighted by molar-refractivity contribution is -0.140. The van der Waals surface area contributed by atoms with Crippen LogP contribution in [-0.4, -0.2) is 32.6 Å². The number of nitrogens with one attached hydrogen (secondary N) is 1. The lowest BCUT2D eigenvalue weighted by Gasteiger charge is -2.11. The first-order chi connectivity index (χ1) is 10.5. The van der Waals surface area contributed by atoms with Crippen molar-refractivity contribution in [2.24, 2.45) is 0 Å². The lowest BCUT2D eigenvalue weighted by atomic mass is 10.1. The van der Waals surface area contributed by atoms with Gasteiger partial charge in [-0.1, -0.05) is 18.0 Å². The highest BCUT2D eigenvalue weighted by atomic mass is 127. The van der Waals surface area contributed by atoms with Crippen LogP contribution in [0.15, 0.2) is 12.1 Å². The molecule has 122 valence electrons. The van der Waals surface area contributed by atoms with Crippen molar-refractivity contribution in [3.8, 4) is 5.75 Å². The van der Waals surface area contributed by atoms with Crippen molar-refractivity contribution in [2.75, 3.05) is 20.8 Å². The molecular weight excluding hydrogens is 421 g/mol. The van der Waals surface area contributed by atoms with E-state index in [1.807, 2.05) is 0 Å². The zero-order chi connectivity index (χ0) is 16.5. The summed E-state index contributed by atoms with van der Waals surface area (Å²) in [6.07, 6.45) is 2.80. The molecule has 0 fully saturated rings. The smallest absolute Gasteiger partial charge is 0.305 e. The molecule has 0 saturated carbocycles. The van der Waals surface area contributed by atoms with Crippen LogP contribution in [0.2, 0.25) is 5.02 Å². The van der Waals surface area contributed by atoms with E-state index in [2.05, 4.69) is 32.6 Å². The zero-order valence-electron chi connectivity index (χ0n) is 12.6. The molecule has 0 unspecified atom stereocenters. The summed E-state index contributed by atoms with van der Waals surface area (Å²) < 4.78 is 10.6. The Morgan fingerprint density at radius 1 is 1.23 bits per heavy atom. The lowest BCUT2D eigenvalue weighted by Crippen LogP contribution is -2.25. The Bertz CT molecular complexity index is 537. The van der Waals surface area contributed by atoms with Gasteiger partial charge in [0, 0.05) is 16.5 Å². The predicted octanol–water partition coefficient (Wildman–Crippen LogP) is 3.42. The molecule has 0 radical (unpaired) electrons. The minimum absolute atomic E-state index is 0.206. The van der Waals surface area contributed by atoms with Gasteiger partial charge in [0.2, 0.25) is 0 Å². The minimum Gasteiger partial charge on any atom is -0.496 e. The van der Waals surface area contributed by atoms with Gasteiger partial charge in [0.1, 0.15) is 5.75 Å². The third-order valence-corrected chi connectivity index (χ3v) is 4.58. The Morgan fingerprint density at radius 2 is 1.95 bits per heavy atom. The topological polar surface area (TPSA) is 64.6 Å². The summed E-state index contributed by atoms with van der Waals surface area (Å²) in [6.45, 7) is 0.534. The number of rotatable bonds is 8. The van der Waals surface area contributed by atoms with E-state index in [0.29, 0.717) is 29.3 Å². The van der Waals surface area contributed by atoms with Crippen molar-refractivity contribution < 1.29 is 19.1 Å². The Labute approximate surface area is 148 Å². The highest BCUT2D eigenvalue weighted by molar-refractivity contribution is 14.1. The van der Waals surface area contributed by atoms with Gasteiger partial charge in [-0.25, -0.2) is 0 Å². The molecule has 0 aromatic heterocycles. The Balaban J connectivity index is 2.43. The average Bonchev–Trinajstić information content (AvgIpc) is 2.52. The maximum absolute atomic E-state index is 12.1. The number of halogens is 2. The molecular formula is C15H19ClINO4. The van der Waals surface area contributed by atoms with Crippen LogP contribution in [0.1, 0.15) is 36.0 Å². The fourth-order valence-corrected chi connectivity index (χ4v) is 2.45. The second-order valence-corrected chi connectivity index (χ2v) is 6.18. The van der Waals surface area contributed by atoms with Crippen LogP contribution >= 0.6 is 34.2 Å². The van der Waals surface area contributed by atoms with Crippen LogP contribution in [0.25, 0.3) is 0 Å². The highest BCUT2D eigenvalue weighted by Crippen LogP contribution is 2.28. The second kappa shape index (κ2) is 9.89. The van der Waals surface area contributed by atoms with Crippen LogP contribution in [0, 0.1) is 3.57 Å². The molecule has 0 aliphatic heterocycles. The normalized spacial score (nSPS) is 10.2. The molecule has 22 heavy (non-hydrogen) atoms. The average molecular weight is 440 g/mol. The van der Waals surface area contributed by atoms with Crippen molar-refractivity contribution >= 4 is 46.1 Å². The maximum Gasteiger partial charge on any atom is 0.305 e. The number of hydrogen-bond donors (Lipinski definition) is 1. The summed E-state index contributed by atoms with van der Waals surface area (Å²) in [5, 5.41) is 3.34. The fourth-order valence-electron chi connectivity index (χ4n) is 1.85. The summed E-state index contributed by atoms with van der Waals surface area (Å²) in [6, 6.07) is 3.34. The summed E-state index contributed by atoms with van der Waals surface area (Å²) in [7, 11) is 2.89. The summed E-state index contributed by atoms with van der Waals surface area (Å²) in [5.41, 5.74) is 0.419. The van der Waals surface area contributed by atoms with Gasteiger partial charge in [0.05, 0.1) is 24.8 Å². The Hall–Kier alpha value is -1.02. The van der Waals surface area contributed by atoms with E-state index in [0.717, 1.165) is 22.8 Å². The van der Waals surface area contributed by atoms with Gasteiger partial charge in [0.15, 0.2) is 0 Å². The van der Waals surface area contributed by atoms with Crippen LogP contribution in [0.3, 0.4) is 0 Å². The van der Waals surface area contributed by atoms with Crippen molar-refractivity contribution in [1.29, 1.82) is 0 Å². The van der Waals surface area contributed by atoms with Crippen molar-refractivity contribution in [3.05, 3.63) is 26.3 Å². The SMILES string of the molecule is COC(=O)CCCCCNC(=O)c1cc(Cl)c(I)cc1OC. The minimum atomic E-state index is -0.219.